The van der Waals surface area contributed by atoms with Gasteiger partial charge in [0.15, 0.2) is 0 Å². The van der Waals surface area contributed by atoms with Gasteiger partial charge >= 0.3 is 16.8 Å². The first-order valence-electron chi connectivity index (χ1n) is 6.68. The summed E-state index contributed by atoms with van der Waals surface area (Å²) in [7, 11) is -14.8. The summed E-state index contributed by atoms with van der Waals surface area (Å²) in [5.74, 6) is 0. The van der Waals surface area contributed by atoms with Crippen molar-refractivity contribution in [3.8, 4) is 0 Å². The molecule has 1 rings (SSSR count). The van der Waals surface area contributed by atoms with Crippen LogP contribution in [0.3, 0.4) is 0 Å². The fourth-order valence-corrected chi connectivity index (χ4v) is 1.21. The van der Waals surface area contributed by atoms with E-state index in [0.29, 0.717) is 0 Å². The third kappa shape index (κ3) is 137. The fourth-order valence-electron chi connectivity index (χ4n) is 1.21. The third-order valence-corrected chi connectivity index (χ3v) is 1.91. The molecule has 0 spiro atoms. The average Bonchev–Trinajstić information content (AvgIpc) is 2.33. The smallest absolute Gasteiger partial charge is 0.412 e. The Morgan fingerprint density at radius 2 is 0.400 bits per heavy atom. The molecule has 0 radical (unpaired) electrons. The molecule has 18 nitrogen and oxygen atoms in total. The molecule has 22 heteroatoms. The van der Waals surface area contributed by atoms with Crippen molar-refractivity contribution >= 4 is 0 Å². The predicted molar refractivity (Wildman–Crippen MR) is 58.7 cm³/mol. The van der Waals surface area contributed by atoms with Crippen LogP contribution >= 0.6 is 0 Å². The molecule has 0 saturated carbocycles. The normalized spacial score (nSPS) is 15.6. The van der Waals surface area contributed by atoms with Crippen LogP contribution in [0.15, 0.2) is 0 Å². The van der Waals surface area contributed by atoms with Crippen molar-refractivity contribution in [2.75, 3.05) is 52.4 Å². The van der Waals surface area contributed by atoms with Gasteiger partial charge in [0.25, 0.3) is 0 Å². The maximum Gasteiger partial charge on any atom is 3.00 e. The molecule has 0 aliphatic carbocycles. The van der Waals surface area contributed by atoms with Crippen molar-refractivity contribution in [3.05, 3.63) is 0 Å². The van der Waals surface area contributed by atoms with Crippen molar-refractivity contribution in [3.63, 3.8) is 0 Å². The monoisotopic (exact) mass is 564 g/mol. The van der Waals surface area contributed by atoms with Crippen LogP contribution < -0.4 is 77.2 Å². The molecule has 1 saturated heterocycles. The Bertz CT molecular complexity index is 233. The van der Waals surface area contributed by atoms with Crippen LogP contribution in [-0.2, 0) is 16.8 Å². The first-order chi connectivity index (χ1) is 12.0. The zero-order chi connectivity index (χ0) is 22.0. The van der Waals surface area contributed by atoms with Crippen molar-refractivity contribution in [1.29, 1.82) is 0 Å². The maximum absolute atomic E-state index is 8.49. The van der Waals surface area contributed by atoms with Gasteiger partial charge in [0.1, 0.15) is 0 Å². The third-order valence-electron chi connectivity index (χ3n) is 1.91. The summed E-state index contributed by atoms with van der Waals surface area (Å²) in [6, 6.07) is 0. The summed E-state index contributed by atoms with van der Waals surface area (Å²) in [4.78, 5) is 0. The molecule has 1 aliphatic heterocycles. The van der Waals surface area contributed by atoms with Crippen LogP contribution in [0.4, 0.5) is 0 Å². The average molecular weight is 566 g/mol. The van der Waals surface area contributed by atoms with E-state index < -0.39 is 30.7 Å². The van der Waals surface area contributed by atoms with Gasteiger partial charge in [0.2, 0.25) is 0 Å². The number of halogens is 3. The summed E-state index contributed by atoms with van der Waals surface area (Å²) >= 11 is 0. The van der Waals surface area contributed by atoms with E-state index in [4.69, 9.17) is 55.9 Å². The Morgan fingerprint density at radius 1 is 0.333 bits per heavy atom. The van der Waals surface area contributed by atoms with E-state index >= 15 is 0 Å². The Balaban J connectivity index is -0.0000000688. The van der Waals surface area contributed by atoms with Gasteiger partial charge in [-0.3, -0.25) is 0 Å². The molecule has 0 amide bonds. The SMILES string of the molecule is C1CNCCNCCNCCN1.O.O.[Co+3].[O-][Cl+3]([O-])([O-])[O-].[O-][Cl+3]([O-])([O-])[O-].[O-][Cl+3]([O-])([O-])[O-]. The number of hydrogen-bond acceptors (Lipinski definition) is 16. The molecule has 0 aromatic heterocycles. The van der Waals surface area contributed by atoms with Crippen molar-refractivity contribution in [2.24, 2.45) is 0 Å². The van der Waals surface area contributed by atoms with Gasteiger partial charge < -0.3 is 32.2 Å². The molecule has 190 valence electrons. The van der Waals surface area contributed by atoms with Crippen LogP contribution in [-0.4, -0.2) is 63.3 Å². The molecule has 1 heterocycles. The Kier molecular flexibility index (Phi) is 38.3. The number of hydrogen-bond donors (Lipinski definition) is 4. The molecule has 0 aromatic carbocycles. The summed E-state index contributed by atoms with van der Waals surface area (Å²) in [6.07, 6.45) is 0. The van der Waals surface area contributed by atoms with Gasteiger partial charge in [-0.2, -0.15) is 0 Å². The largest absolute Gasteiger partial charge is 3.00 e. The second-order valence-corrected chi connectivity index (χ2v) is 6.40. The van der Waals surface area contributed by atoms with Gasteiger partial charge in [-0.1, -0.05) is 0 Å². The second-order valence-electron chi connectivity index (χ2n) is 4.13. The van der Waals surface area contributed by atoms with Crippen LogP contribution in [0.25, 0.3) is 0 Å². The van der Waals surface area contributed by atoms with Gasteiger partial charge in [-0.15, -0.1) is 30.7 Å². The molecular formula is C8H24Cl3CoN4O14. The summed E-state index contributed by atoms with van der Waals surface area (Å²) in [6.45, 7) is 8.57. The quantitative estimate of drug-likeness (QED) is 0.211. The summed E-state index contributed by atoms with van der Waals surface area (Å²) in [5, 5.41) is 13.4. The van der Waals surface area contributed by atoms with E-state index in [9.17, 15) is 0 Å². The van der Waals surface area contributed by atoms with Crippen LogP contribution in [0.1, 0.15) is 0 Å². The summed E-state index contributed by atoms with van der Waals surface area (Å²) in [5.41, 5.74) is 0. The minimum atomic E-state index is -4.94. The minimum absolute atomic E-state index is 0. The van der Waals surface area contributed by atoms with E-state index in [2.05, 4.69) is 21.3 Å². The second kappa shape index (κ2) is 25.9. The number of rotatable bonds is 0. The molecular weight excluding hydrogens is 541 g/mol. The predicted octanol–water partition coefficient (Wildman–Crippen LogP) is -17.6. The van der Waals surface area contributed by atoms with E-state index in [-0.39, 0.29) is 27.7 Å². The molecule has 30 heavy (non-hydrogen) atoms. The van der Waals surface area contributed by atoms with Crippen LogP contribution in [0, 0.1) is 30.7 Å². The molecule has 0 bridgehead atoms. The molecule has 1 fully saturated rings. The van der Waals surface area contributed by atoms with Crippen molar-refractivity contribution in [2.45, 2.75) is 0 Å². The Labute approximate surface area is 188 Å². The Hall–Kier alpha value is 0.656. The van der Waals surface area contributed by atoms with E-state index in [1.807, 2.05) is 0 Å². The number of nitrogens with one attached hydrogen (secondary N) is 4. The molecule has 0 unspecified atom stereocenters. The van der Waals surface area contributed by atoms with Crippen molar-refractivity contribution in [1.82, 2.24) is 21.3 Å². The zero-order valence-electron chi connectivity index (χ0n) is 15.0. The van der Waals surface area contributed by atoms with E-state index in [1.54, 1.807) is 0 Å². The molecule has 8 N–H and O–H groups in total. The van der Waals surface area contributed by atoms with Crippen LogP contribution in [0.5, 0.6) is 0 Å². The van der Waals surface area contributed by atoms with Gasteiger partial charge in [-0.25, -0.2) is 55.9 Å². The van der Waals surface area contributed by atoms with Crippen molar-refractivity contribution < 1.29 is 114 Å². The van der Waals surface area contributed by atoms with Crippen LogP contribution in [0.2, 0.25) is 0 Å². The molecule has 1 aliphatic rings. The first kappa shape index (κ1) is 44.4. The molecule has 0 atom stereocenters. The van der Waals surface area contributed by atoms with E-state index in [1.165, 1.54) is 0 Å². The standard InChI is InChI=1S/C8H20N4.3ClHO4.Co.2H2O/c1-2-10-5-6-12-8-7-11-4-3-9-1;3*2-1(3,4)5;;;/h9-12H,1-8H2;3*(H,2,3,4,5);;2*1H2/q;;;;+3;;/p-3. The fraction of sp³-hybridized carbons (Fsp3) is 1.00. The zero-order valence-corrected chi connectivity index (χ0v) is 18.3. The molecule has 0 aromatic rings. The minimum Gasteiger partial charge on any atom is -0.412 e. The van der Waals surface area contributed by atoms with E-state index in [0.717, 1.165) is 52.4 Å². The first-order valence-corrected chi connectivity index (χ1v) is 10.4. The van der Waals surface area contributed by atoms with Gasteiger partial charge in [0.05, 0.1) is 0 Å². The summed E-state index contributed by atoms with van der Waals surface area (Å²) < 4.78 is 102. The maximum atomic E-state index is 8.49. The topological polar surface area (TPSA) is 388 Å². The van der Waals surface area contributed by atoms with Gasteiger partial charge in [-0.05, 0) is 0 Å². The van der Waals surface area contributed by atoms with Gasteiger partial charge in [0, 0.05) is 52.4 Å². The Morgan fingerprint density at radius 3 is 0.467 bits per heavy atom.